The van der Waals surface area contributed by atoms with E-state index in [0.717, 1.165) is 27.8 Å². The largest absolute Gasteiger partial charge is 0.329 e. The van der Waals surface area contributed by atoms with Crippen LogP contribution in [0.5, 0.6) is 0 Å². The highest BCUT2D eigenvalue weighted by Gasteiger charge is 2.18. The van der Waals surface area contributed by atoms with Crippen molar-refractivity contribution in [3.05, 3.63) is 98.1 Å². The molecule has 0 radical (unpaired) electrons. The van der Waals surface area contributed by atoms with Crippen LogP contribution in [0.4, 0.5) is 4.39 Å². The van der Waals surface area contributed by atoms with Crippen molar-refractivity contribution in [3.63, 3.8) is 0 Å². The number of hydrogen-bond acceptors (Lipinski definition) is 3. The van der Waals surface area contributed by atoms with Gasteiger partial charge < -0.3 is 4.98 Å². The lowest BCUT2D eigenvalue weighted by Gasteiger charge is -2.20. The molecule has 2 heterocycles. The van der Waals surface area contributed by atoms with Crippen molar-refractivity contribution < 1.29 is 4.39 Å². The fourth-order valence-corrected chi connectivity index (χ4v) is 3.75. The first-order chi connectivity index (χ1) is 14.6. The molecule has 0 amide bonds. The summed E-state index contributed by atoms with van der Waals surface area (Å²) in [7, 11) is 0. The van der Waals surface area contributed by atoms with Crippen molar-refractivity contribution in [2.75, 3.05) is 0 Å². The Morgan fingerprint density at radius 2 is 1.84 bits per heavy atom. The first-order valence-corrected chi connectivity index (χ1v) is 10.1. The lowest BCUT2D eigenvalue weighted by atomic mass is 9.86. The second-order valence-corrected chi connectivity index (χ2v) is 8.87. The van der Waals surface area contributed by atoms with E-state index in [2.05, 4.69) is 10.1 Å². The van der Waals surface area contributed by atoms with E-state index in [1.54, 1.807) is 18.5 Å². The molecule has 6 heteroatoms. The Hall–Kier alpha value is -3.54. The van der Waals surface area contributed by atoms with Crippen LogP contribution in [0.15, 0.2) is 64.4 Å². The van der Waals surface area contributed by atoms with Crippen molar-refractivity contribution in [1.82, 2.24) is 14.8 Å². The standard InChI is InChI=1S/C25H24FN3O2/c1-15-9-16(5-6-20(15)17-7-8-27-22(30)11-17)14-29-24(31)23-18(13-28-29)10-19(12-21(23)26)25(2,3)4/h5-13H,14H2,1-4H3,(H,27,30). The van der Waals surface area contributed by atoms with Crippen LogP contribution in [0.25, 0.3) is 21.9 Å². The number of nitrogens with zero attached hydrogens (tertiary/aromatic N) is 2. The summed E-state index contributed by atoms with van der Waals surface area (Å²) in [5.41, 5.74) is 3.58. The highest BCUT2D eigenvalue weighted by atomic mass is 19.1. The third-order valence-corrected chi connectivity index (χ3v) is 5.48. The molecule has 0 spiro atoms. The molecule has 0 saturated carbocycles. The normalized spacial score (nSPS) is 11.8. The highest BCUT2D eigenvalue weighted by Crippen LogP contribution is 2.27. The summed E-state index contributed by atoms with van der Waals surface area (Å²) in [6.45, 7) is 8.18. The zero-order valence-corrected chi connectivity index (χ0v) is 18.0. The molecule has 1 N–H and O–H groups in total. The van der Waals surface area contributed by atoms with E-state index in [0.29, 0.717) is 5.39 Å². The van der Waals surface area contributed by atoms with Crippen LogP contribution in [0, 0.1) is 12.7 Å². The van der Waals surface area contributed by atoms with Gasteiger partial charge in [-0.05, 0) is 58.4 Å². The lowest BCUT2D eigenvalue weighted by molar-refractivity contribution is 0.574. The highest BCUT2D eigenvalue weighted by molar-refractivity contribution is 5.82. The van der Waals surface area contributed by atoms with E-state index < -0.39 is 11.4 Å². The Bertz CT molecular complexity index is 1410. The van der Waals surface area contributed by atoms with Gasteiger partial charge in [0.15, 0.2) is 0 Å². The minimum atomic E-state index is -0.524. The van der Waals surface area contributed by atoms with Gasteiger partial charge in [0, 0.05) is 17.6 Å². The van der Waals surface area contributed by atoms with E-state index in [9.17, 15) is 14.0 Å². The number of H-pyrrole nitrogens is 1. The number of halogens is 1. The van der Waals surface area contributed by atoms with Crippen LogP contribution in [-0.4, -0.2) is 14.8 Å². The van der Waals surface area contributed by atoms with Crippen molar-refractivity contribution in [3.8, 4) is 11.1 Å². The van der Waals surface area contributed by atoms with Crippen LogP contribution in [0.1, 0.15) is 37.5 Å². The maximum Gasteiger partial charge on any atom is 0.277 e. The molecular weight excluding hydrogens is 393 g/mol. The molecule has 2 aromatic carbocycles. The molecule has 4 rings (SSSR count). The fourth-order valence-electron chi connectivity index (χ4n) is 3.75. The molecule has 158 valence electrons. The van der Waals surface area contributed by atoms with Gasteiger partial charge in [0.1, 0.15) is 5.82 Å². The fraction of sp³-hybridized carbons (Fsp3) is 0.240. The monoisotopic (exact) mass is 417 g/mol. The average molecular weight is 417 g/mol. The second kappa shape index (κ2) is 7.61. The van der Waals surface area contributed by atoms with Gasteiger partial charge >= 0.3 is 0 Å². The van der Waals surface area contributed by atoms with Crippen LogP contribution in [0.3, 0.4) is 0 Å². The first kappa shape index (κ1) is 20.7. The van der Waals surface area contributed by atoms with Gasteiger partial charge in [-0.15, -0.1) is 0 Å². The van der Waals surface area contributed by atoms with Crippen molar-refractivity contribution in [2.24, 2.45) is 0 Å². The molecular formula is C25H24FN3O2. The van der Waals surface area contributed by atoms with E-state index in [-0.39, 0.29) is 22.9 Å². The van der Waals surface area contributed by atoms with Crippen LogP contribution in [-0.2, 0) is 12.0 Å². The predicted molar refractivity (Wildman–Crippen MR) is 121 cm³/mol. The molecule has 31 heavy (non-hydrogen) atoms. The summed E-state index contributed by atoms with van der Waals surface area (Å²) in [5, 5.41) is 4.84. The van der Waals surface area contributed by atoms with E-state index in [1.807, 2.05) is 58.0 Å². The lowest BCUT2D eigenvalue weighted by Crippen LogP contribution is -2.24. The Kier molecular flexibility index (Phi) is 5.09. The minimum absolute atomic E-state index is 0.0554. The Morgan fingerprint density at radius 3 is 2.52 bits per heavy atom. The Morgan fingerprint density at radius 1 is 1.06 bits per heavy atom. The van der Waals surface area contributed by atoms with Crippen LogP contribution < -0.4 is 11.1 Å². The quantitative estimate of drug-likeness (QED) is 0.532. The zero-order chi connectivity index (χ0) is 22.3. The molecule has 0 bridgehead atoms. The van der Waals surface area contributed by atoms with Crippen molar-refractivity contribution in [1.29, 1.82) is 0 Å². The maximum absolute atomic E-state index is 14.8. The van der Waals surface area contributed by atoms with Gasteiger partial charge in [-0.1, -0.05) is 39.0 Å². The molecule has 0 fully saturated rings. The zero-order valence-electron chi connectivity index (χ0n) is 18.0. The molecule has 0 atom stereocenters. The predicted octanol–water partition coefficient (Wildman–Crippen LogP) is 4.55. The van der Waals surface area contributed by atoms with E-state index in [1.165, 1.54) is 10.7 Å². The van der Waals surface area contributed by atoms with Crippen molar-refractivity contribution in [2.45, 2.75) is 39.7 Å². The number of aryl methyl sites for hydroxylation is 1. The van der Waals surface area contributed by atoms with Gasteiger partial charge in [0.05, 0.1) is 18.1 Å². The van der Waals surface area contributed by atoms with E-state index >= 15 is 0 Å². The van der Waals surface area contributed by atoms with Crippen LogP contribution in [0.2, 0.25) is 0 Å². The number of aromatic nitrogens is 3. The molecule has 0 aliphatic rings. The van der Waals surface area contributed by atoms with Gasteiger partial charge in [0.25, 0.3) is 5.56 Å². The number of fused-ring (bicyclic) bond motifs is 1. The molecule has 0 aliphatic carbocycles. The molecule has 0 unspecified atom stereocenters. The number of hydrogen-bond donors (Lipinski definition) is 1. The van der Waals surface area contributed by atoms with Gasteiger partial charge in [-0.3, -0.25) is 9.59 Å². The molecule has 5 nitrogen and oxygen atoms in total. The molecule has 4 aromatic rings. The Balaban J connectivity index is 1.71. The van der Waals surface area contributed by atoms with Gasteiger partial charge in [0.2, 0.25) is 5.56 Å². The summed E-state index contributed by atoms with van der Waals surface area (Å²) < 4.78 is 16.1. The summed E-state index contributed by atoms with van der Waals surface area (Å²) in [6, 6.07) is 12.4. The van der Waals surface area contributed by atoms with Crippen LogP contribution >= 0.6 is 0 Å². The van der Waals surface area contributed by atoms with Gasteiger partial charge in [-0.25, -0.2) is 9.07 Å². The number of pyridine rings is 1. The molecule has 0 saturated heterocycles. The first-order valence-electron chi connectivity index (χ1n) is 10.1. The molecule has 0 aliphatic heterocycles. The smallest absolute Gasteiger partial charge is 0.277 e. The number of benzene rings is 2. The topological polar surface area (TPSA) is 67.8 Å². The summed E-state index contributed by atoms with van der Waals surface area (Å²) in [4.78, 5) is 27.2. The summed E-state index contributed by atoms with van der Waals surface area (Å²) in [6.07, 6.45) is 3.16. The minimum Gasteiger partial charge on any atom is -0.329 e. The van der Waals surface area contributed by atoms with Gasteiger partial charge in [-0.2, -0.15) is 5.10 Å². The third-order valence-electron chi connectivity index (χ3n) is 5.48. The summed E-state index contributed by atoms with van der Waals surface area (Å²) >= 11 is 0. The second-order valence-electron chi connectivity index (χ2n) is 8.87. The number of rotatable bonds is 3. The maximum atomic E-state index is 14.8. The number of nitrogens with one attached hydrogen (secondary N) is 1. The van der Waals surface area contributed by atoms with Crippen molar-refractivity contribution >= 4 is 10.8 Å². The average Bonchev–Trinajstić information content (AvgIpc) is 2.69. The third kappa shape index (κ3) is 4.06. The SMILES string of the molecule is Cc1cc(Cn2ncc3cc(C(C)(C)C)cc(F)c3c2=O)ccc1-c1cc[nH]c(=O)c1. The molecule has 2 aromatic heterocycles. The number of aromatic amines is 1. The summed E-state index contributed by atoms with van der Waals surface area (Å²) in [5.74, 6) is -0.524. The van der Waals surface area contributed by atoms with E-state index in [4.69, 9.17) is 0 Å². The Labute approximate surface area is 179 Å².